The molecule has 17 nitrogen and oxygen atoms in total. The summed E-state index contributed by atoms with van der Waals surface area (Å²) >= 11 is 0. The maximum atomic E-state index is 13.2. The minimum absolute atomic E-state index is 0.106. The van der Waals surface area contributed by atoms with Crippen molar-refractivity contribution in [3.8, 4) is 0 Å². The van der Waals surface area contributed by atoms with E-state index in [9.17, 15) is 43.2 Å². The molecular formula is C87H170O17P2. The number of aliphatic hydroxyl groups excluding tert-OH is 1. The molecule has 0 fully saturated rings. The summed E-state index contributed by atoms with van der Waals surface area (Å²) in [7, 11) is -9.93. The Kier molecular flexibility index (Phi) is 74.3. The number of esters is 4. The van der Waals surface area contributed by atoms with E-state index in [1.165, 1.54) is 250 Å². The smallest absolute Gasteiger partial charge is 0.462 e. The number of hydrogen-bond donors (Lipinski definition) is 3. The second kappa shape index (κ2) is 75.7. The molecule has 106 heavy (non-hydrogen) atoms. The highest BCUT2D eigenvalue weighted by Crippen LogP contribution is 2.45. The van der Waals surface area contributed by atoms with Gasteiger partial charge in [-0.3, -0.25) is 37.3 Å². The van der Waals surface area contributed by atoms with E-state index in [4.69, 9.17) is 37.0 Å². The Balaban J connectivity index is 5.22. The van der Waals surface area contributed by atoms with Crippen LogP contribution in [0.2, 0.25) is 0 Å². The van der Waals surface area contributed by atoms with E-state index in [0.29, 0.717) is 25.7 Å². The van der Waals surface area contributed by atoms with Gasteiger partial charge >= 0.3 is 39.5 Å². The van der Waals surface area contributed by atoms with Crippen molar-refractivity contribution in [1.82, 2.24) is 0 Å². The van der Waals surface area contributed by atoms with Crippen molar-refractivity contribution in [3.63, 3.8) is 0 Å². The van der Waals surface area contributed by atoms with Crippen molar-refractivity contribution >= 4 is 39.5 Å². The normalized spacial score (nSPS) is 14.4. The van der Waals surface area contributed by atoms with E-state index >= 15 is 0 Å². The number of ether oxygens (including phenoxy) is 4. The monoisotopic (exact) mass is 1550 g/mol. The fourth-order valence-electron chi connectivity index (χ4n) is 13.4. The molecule has 0 aliphatic heterocycles. The zero-order valence-corrected chi connectivity index (χ0v) is 71.9. The molecule has 3 N–H and O–H groups in total. The molecule has 4 unspecified atom stereocenters. The molecule has 0 radical (unpaired) electrons. The van der Waals surface area contributed by atoms with Gasteiger partial charge in [-0.15, -0.1) is 0 Å². The van der Waals surface area contributed by atoms with E-state index in [1.807, 2.05) is 0 Å². The average molecular weight is 1550 g/mol. The quantitative estimate of drug-likeness (QED) is 0.0222. The van der Waals surface area contributed by atoms with Crippen LogP contribution in [0.3, 0.4) is 0 Å². The van der Waals surface area contributed by atoms with Crippen LogP contribution < -0.4 is 0 Å². The maximum absolute atomic E-state index is 13.2. The van der Waals surface area contributed by atoms with Gasteiger partial charge in [0.15, 0.2) is 12.2 Å². The lowest BCUT2D eigenvalue weighted by Crippen LogP contribution is -2.30. The van der Waals surface area contributed by atoms with E-state index in [0.717, 1.165) is 120 Å². The highest BCUT2D eigenvalue weighted by Gasteiger charge is 2.31. The number of phosphoric acid groups is 2. The number of carbonyl (C=O) groups is 4. The SMILES string of the molecule is CCC(C)CCCCCCCCCCCCCCCCCCCCC(=O)OC[C@H](COP(=O)(O)OC[C@@H](O)COP(=O)(O)OC[C@@H](COC(=O)CCCCCCCCC(C)CC)OC(=O)CCCCCCCCCCCCCCC(C)C)OC(=O)CCCCCCCCCCCCCCCCCCC(C)C. The first-order chi connectivity index (χ1) is 51.2. The third-order valence-electron chi connectivity index (χ3n) is 21.0. The molecule has 0 aliphatic rings. The van der Waals surface area contributed by atoms with Crippen LogP contribution in [0.4, 0.5) is 0 Å². The van der Waals surface area contributed by atoms with Crippen molar-refractivity contribution in [1.29, 1.82) is 0 Å². The van der Waals surface area contributed by atoms with Gasteiger partial charge in [0.05, 0.1) is 26.4 Å². The summed E-state index contributed by atoms with van der Waals surface area (Å²) in [4.78, 5) is 73.2. The van der Waals surface area contributed by atoms with Crippen molar-refractivity contribution in [3.05, 3.63) is 0 Å². The van der Waals surface area contributed by atoms with Crippen molar-refractivity contribution in [2.75, 3.05) is 39.6 Å². The van der Waals surface area contributed by atoms with Crippen LogP contribution in [0, 0.1) is 23.7 Å². The van der Waals surface area contributed by atoms with E-state index < -0.39 is 97.5 Å². The number of carbonyl (C=O) groups excluding carboxylic acids is 4. The van der Waals surface area contributed by atoms with Gasteiger partial charge in [0.1, 0.15) is 19.3 Å². The van der Waals surface area contributed by atoms with Gasteiger partial charge in [-0.2, -0.15) is 0 Å². The molecular weight excluding hydrogens is 1380 g/mol. The Labute approximate surface area is 651 Å². The van der Waals surface area contributed by atoms with Crippen LogP contribution in [-0.4, -0.2) is 96.7 Å². The number of phosphoric ester groups is 2. The lowest BCUT2D eigenvalue weighted by Gasteiger charge is -2.21. The highest BCUT2D eigenvalue weighted by atomic mass is 31.2. The first-order valence-electron chi connectivity index (χ1n) is 44.8. The summed E-state index contributed by atoms with van der Waals surface area (Å²) in [6.45, 7) is 14.4. The first-order valence-corrected chi connectivity index (χ1v) is 47.8. The zero-order chi connectivity index (χ0) is 78.1. The number of aliphatic hydroxyl groups is 1. The molecule has 630 valence electrons. The lowest BCUT2D eigenvalue weighted by atomic mass is 9.99. The summed E-state index contributed by atoms with van der Waals surface area (Å²) in [6.07, 6.45) is 65.3. The Hall–Kier alpha value is -1.94. The van der Waals surface area contributed by atoms with Crippen LogP contribution in [0.15, 0.2) is 0 Å². The summed E-state index contributed by atoms with van der Waals surface area (Å²) in [5, 5.41) is 10.7. The van der Waals surface area contributed by atoms with Crippen LogP contribution in [-0.2, 0) is 65.4 Å². The molecule has 0 heterocycles. The predicted molar refractivity (Wildman–Crippen MR) is 437 cm³/mol. The molecule has 0 aromatic carbocycles. The molecule has 0 bridgehead atoms. The lowest BCUT2D eigenvalue weighted by molar-refractivity contribution is -0.161. The maximum Gasteiger partial charge on any atom is 0.472 e. The minimum atomic E-state index is -4.97. The van der Waals surface area contributed by atoms with Gasteiger partial charge in [-0.05, 0) is 49.4 Å². The Morgan fingerprint density at radius 3 is 0.670 bits per heavy atom. The Morgan fingerprint density at radius 2 is 0.453 bits per heavy atom. The number of rotatable bonds is 84. The fraction of sp³-hybridized carbons (Fsp3) is 0.954. The van der Waals surface area contributed by atoms with Crippen molar-refractivity contribution in [2.45, 2.75) is 472 Å². The molecule has 0 aromatic rings. The molecule has 19 heteroatoms. The van der Waals surface area contributed by atoms with Crippen LogP contribution in [0.5, 0.6) is 0 Å². The molecule has 0 amide bonds. The summed E-state index contributed by atoms with van der Waals surface area (Å²) < 4.78 is 68.9. The third-order valence-corrected chi connectivity index (χ3v) is 22.9. The molecule has 7 atom stereocenters. The molecule has 0 saturated carbocycles. The van der Waals surface area contributed by atoms with Crippen LogP contribution in [0.25, 0.3) is 0 Å². The Morgan fingerprint density at radius 1 is 0.264 bits per heavy atom. The summed E-state index contributed by atoms with van der Waals surface area (Å²) in [6, 6.07) is 0. The minimum Gasteiger partial charge on any atom is -0.462 e. The second-order valence-corrected chi connectivity index (χ2v) is 35.6. The topological polar surface area (TPSA) is 237 Å². The van der Waals surface area contributed by atoms with Gasteiger partial charge in [-0.25, -0.2) is 9.13 Å². The van der Waals surface area contributed by atoms with Gasteiger partial charge in [0, 0.05) is 25.7 Å². The first kappa shape index (κ1) is 104. The van der Waals surface area contributed by atoms with Gasteiger partial charge in [0.2, 0.25) is 0 Å². The summed E-state index contributed by atoms with van der Waals surface area (Å²) in [5.74, 6) is 1.08. The predicted octanol–water partition coefficient (Wildman–Crippen LogP) is 26.3. The van der Waals surface area contributed by atoms with Gasteiger partial charge in [0.25, 0.3) is 0 Å². The van der Waals surface area contributed by atoms with Gasteiger partial charge < -0.3 is 33.8 Å². The number of hydrogen-bond acceptors (Lipinski definition) is 15. The second-order valence-electron chi connectivity index (χ2n) is 32.7. The van der Waals surface area contributed by atoms with E-state index in [-0.39, 0.29) is 25.7 Å². The molecule has 0 aliphatic carbocycles. The van der Waals surface area contributed by atoms with E-state index in [1.54, 1.807) is 0 Å². The fourth-order valence-corrected chi connectivity index (χ4v) is 15.0. The molecule has 0 aromatic heterocycles. The third kappa shape index (κ3) is 77.4. The average Bonchev–Trinajstić information content (AvgIpc) is 0.902. The summed E-state index contributed by atoms with van der Waals surface area (Å²) in [5.41, 5.74) is 0. The van der Waals surface area contributed by atoms with Crippen LogP contribution in [0.1, 0.15) is 453 Å². The van der Waals surface area contributed by atoms with Crippen molar-refractivity contribution in [2.24, 2.45) is 23.7 Å². The Bertz CT molecular complexity index is 2060. The van der Waals surface area contributed by atoms with Gasteiger partial charge in [-0.1, -0.05) is 402 Å². The van der Waals surface area contributed by atoms with E-state index in [2.05, 4.69) is 55.4 Å². The van der Waals surface area contributed by atoms with Crippen molar-refractivity contribution < 1.29 is 80.2 Å². The molecule has 0 saturated heterocycles. The molecule has 0 spiro atoms. The highest BCUT2D eigenvalue weighted by molar-refractivity contribution is 7.47. The standard InChI is InChI=1S/C87H170O17P2/c1-9-79(7)65-57-49-41-35-29-22-18-13-11-12-14-19-23-30-36-42-51-59-67-84(89)97-73-82(103-86(91)69-61-53-43-37-31-24-20-16-15-17-21-27-33-39-47-55-63-77(3)4)75-101-105(93,94)99-71-81(88)72-100-106(95,96)102-76-83(74-98-85(90)68-60-52-46-45-50-58-66-80(8)10-2)104-87(92)70-62-54-44-38-32-26-25-28-34-40-48-56-64-78(5)6/h77-83,88H,9-76H2,1-8H3,(H,93,94)(H,95,96)/t79?,80?,81-,82-,83-/m1/s1. The van der Waals surface area contributed by atoms with Crippen LogP contribution >= 0.6 is 15.6 Å². The molecule has 0 rings (SSSR count). The largest absolute Gasteiger partial charge is 0.472 e. The number of unbranched alkanes of at least 4 members (excludes halogenated alkanes) is 48. The zero-order valence-electron chi connectivity index (χ0n) is 70.1.